The number of pyridine rings is 1. The van der Waals surface area contributed by atoms with Crippen LogP contribution in [-0.2, 0) is 0 Å². The molecule has 0 bridgehead atoms. The summed E-state index contributed by atoms with van der Waals surface area (Å²) in [6.45, 7) is 1.28. The van der Waals surface area contributed by atoms with Crippen LogP contribution >= 0.6 is 0 Å². The van der Waals surface area contributed by atoms with Crippen LogP contribution in [0.3, 0.4) is 0 Å². The van der Waals surface area contributed by atoms with Crippen LogP contribution in [0.15, 0.2) is 18.3 Å². The van der Waals surface area contributed by atoms with E-state index in [1.165, 1.54) is 0 Å². The second kappa shape index (κ2) is 3.43. The van der Waals surface area contributed by atoms with Crippen LogP contribution in [0.1, 0.15) is 23.3 Å². The molecule has 90 valence electrons. The van der Waals surface area contributed by atoms with Gasteiger partial charge in [-0.25, -0.2) is 0 Å². The first-order valence-electron chi connectivity index (χ1n) is 5.82. The lowest BCUT2D eigenvalue weighted by Gasteiger charge is -2.48. The fourth-order valence-corrected chi connectivity index (χ4v) is 2.43. The molecule has 1 aliphatic heterocycles. The number of β-amino-alcohol motifs (C(OH)–C–C–N with tert-alkyl or cyclic N) is 1. The van der Waals surface area contributed by atoms with Crippen LogP contribution in [0.5, 0.6) is 0 Å². The van der Waals surface area contributed by atoms with E-state index in [4.69, 9.17) is 5.73 Å². The van der Waals surface area contributed by atoms with Gasteiger partial charge in [-0.1, -0.05) is 0 Å². The Kier molecular flexibility index (Phi) is 2.13. The van der Waals surface area contributed by atoms with Gasteiger partial charge in [0.1, 0.15) is 11.3 Å². The smallest absolute Gasteiger partial charge is 0.267 e. The second-order valence-electron chi connectivity index (χ2n) is 5.00. The van der Waals surface area contributed by atoms with E-state index in [0.717, 1.165) is 18.5 Å². The van der Waals surface area contributed by atoms with Crippen molar-refractivity contribution >= 4 is 11.6 Å². The first-order chi connectivity index (χ1) is 8.08. The van der Waals surface area contributed by atoms with Crippen molar-refractivity contribution in [3.63, 3.8) is 0 Å². The van der Waals surface area contributed by atoms with Gasteiger partial charge in [-0.3, -0.25) is 9.78 Å². The van der Waals surface area contributed by atoms with Crippen molar-refractivity contribution < 1.29 is 9.90 Å². The molecule has 2 fully saturated rings. The third kappa shape index (κ3) is 1.76. The molecule has 0 radical (unpaired) electrons. The van der Waals surface area contributed by atoms with Crippen molar-refractivity contribution in [3.8, 4) is 0 Å². The SMILES string of the molecule is NC(=O)c1cc(N2CC(O)(C3CC3)C2)ccn1. The summed E-state index contributed by atoms with van der Waals surface area (Å²) in [7, 11) is 0. The van der Waals surface area contributed by atoms with Gasteiger partial charge >= 0.3 is 0 Å². The molecule has 0 aromatic carbocycles. The van der Waals surface area contributed by atoms with Gasteiger partial charge in [0.15, 0.2) is 0 Å². The van der Waals surface area contributed by atoms with Crippen molar-refractivity contribution in [2.75, 3.05) is 18.0 Å². The Morgan fingerprint density at radius 2 is 2.24 bits per heavy atom. The van der Waals surface area contributed by atoms with Crippen LogP contribution in [0.4, 0.5) is 5.69 Å². The zero-order valence-electron chi connectivity index (χ0n) is 9.47. The number of nitrogens with two attached hydrogens (primary N) is 1. The zero-order chi connectivity index (χ0) is 12.0. The highest BCUT2D eigenvalue weighted by molar-refractivity contribution is 5.91. The molecular weight excluding hydrogens is 218 g/mol. The number of amides is 1. The number of primary amides is 1. The van der Waals surface area contributed by atoms with E-state index in [9.17, 15) is 9.90 Å². The predicted molar refractivity (Wildman–Crippen MR) is 62.6 cm³/mol. The first kappa shape index (κ1) is 10.5. The van der Waals surface area contributed by atoms with Gasteiger partial charge in [-0.2, -0.15) is 0 Å². The summed E-state index contributed by atoms with van der Waals surface area (Å²) < 4.78 is 0. The van der Waals surface area contributed by atoms with Crippen LogP contribution in [-0.4, -0.2) is 34.7 Å². The lowest BCUT2D eigenvalue weighted by Crippen LogP contribution is -2.63. The summed E-state index contributed by atoms with van der Waals surface area (Å²) >= 11 is 0. The molecule has 1 amide bonds. The molecule has 2 aliphatic rings. The Balaban J connectivity index is 1.74. The molecule has 1 saturated heterocycles. The Bertz CT molecular complexity index is 465. The van der Waals surface area contributed by atoms with Gasteiger partial charge in [-0.05, 0) is 30.9 Å². The van der Waals surface area contributed by atoms with E-state index in [1.807, 2.05) is 11.0 Å². The summed E-state index contributed by atoms with van der Waals surface area (Å²) in [5, 5.41) is 10.2. The topological polar surface area (TPSA) is 79.5 Å². The number of hydrogen-bond donors (Lipinski definition) is 2. The van der Waals surface area contributed by atoms with Gasteiger partial charge in [0.25, 0.3) is 5.91 Å². The van der Waals surface area contributed by atoms with E-state index in [0.29, 0.717) is 19.0 Å². The maximum absolute atomic E-state index is 11.0. The molecule has 0 atom stereocenters. The highest BCUT2D eigenvalue weighted by Gasteiger charge is 2.51. The van der Waals surface area contributed by atoms with Gasteiger partial charge in [0, 0.05) is 25.0 Å². The Labute approximate surface area is 99.2 Å². The molecule has 1 aliphatic carbocycles. The molecule has 3 N–H and O–H groups in total. The molecule has 3 rings (SSSR count). The van der Waals surface area contributed by atoms with E-state index in [2.05, 4.69) is 4.98 Å². The largest absolute Gasteiger partial charge is 0.386 e. The minimum atomic E-state index is -0.523. The van der Waals surface area contributed by atoms with E-state index >= 15 is 0 Å². The van der Waals surface area contributed by atoms with Gasteiger partial charge in [0.2, 0.25) is 0 Å². The number of anilines is 1. The summed E-state index contributed by atoms with van der Waals surface area (Å²) in [5.41, 5.74) is 5.84. The van der Waals surface area contributed by atoms with Crippen LogP contribution < -0.4 is 10.6 Å². The Hall–Kier alpha value is -1.62. The molecule has 2 heterocycles. The molecule has 1 aromatic heterocycles. The van der Waals surface area contributed by atoms with Crippen molar-refractivity contribution in [1.29, 1.82) is 0 Å². The predicted octanol–water partition coefficient (Wildman–Crippen LogP) is 0.142. The Morgan fingerprint density at radius 1 is 1.53 bits per heavy atom. The summed E-state index contributed by atoms with van der Waals surface area (Å²) in [6, 6.07) is 3.51. The van der Waals surface area contributed by atoms with E-state index < -0.39 is 11.5 Å². The minimum absolute atomic E-state index is 0.268. The van der Waals surface area contributed by atoms with E-state index in [1.54, 1.807) is 12.3 Å². The number of hydrogen-bond acceptors (Lipinski definition) is 4. The van der Waals surface area contributed by atoms with Gasteiger partial charge in [-0.15, -0.1) is 0 Å². The fourth-order valence-electron chi connectivity index (χ4n) is 2.43. The molecule has 0 unspecified atom stereocenters. The summed E-state index contributed by atoms with van der Waals surface area (Å²) in [6.07, 6.45) is 3.84. The minimum Gasteiger partial charge on any atom is -0.386 e. The van der Waals surface area contributed by atoms with Crippen molar-refractivity contribution in [3.05, 3.63) is 24.0 Å². The van der Waals surface area contributed by atoms with Crippen molar-refractivity contribution in [2.24, 2.45) is 11.7 Å². The maximum Gasteiger partial charge on any atom is 0.267 e. The van der Waals surface area contributed by atoms with Crippen LogP contribution in [0.2, 0.25) is 0 Å². The normalized spacial score (nSPS) is 22.1. The fraction of sp³-hybridized carbons (Fsp3) is 0.500. The highest BCUT2D eigenvalue weighted by atomic mass is 16.3. The molecule has 1 aromatic rings. The third-order valence-corrected chi connectivity index (χ3v) is 3.63. The van der Waals surface area contributed by atoms with Crippen molar-refractivity contribution in [1.82, 2.24) is 4.98 Å². The summed E-state index contributed by atoms with van der Waals surface area (Å²) in [5.74, 6) is -0.0546. The lowest BCUT2D eigenvalue weighted by atomic mass is 9.88. The molecule has 0 spiro atoms. The molecule has 1 saturated carbocycles. The van der Waals surface area contributed by atoms with Gasteiger partial charge in [0.05, 0.1) is 0 Å². The summed E-state index contributed by atoms with van der Waals surface area (Å²) in [4.78, 5) is 17.0. The van der Waals surface area contributed by atoms with Gasteiger partial charge < -0.3 is 15.7 Å². The average Bonchev–Trinajstić information content (AvgIpc) is 3.09. The van der Waals surface area contributed by atoms with Crippen LogP contribution in [0.25, 0.3) is 0 Å². The number of carbonyl (C=O) groups excluding carboxylic acids is 1. The average molecular weight is 233 g/mol. The zero-order valence-corrected chi connectivity index (χ0v) is 9.47. The third-order valence-electron chi connectivity index (χ3n) is 3.63. The quantitative estimate of drug-likeness (QED) is 0.778. The number of nitrogens with zero attached hydrogens (tertiary/aromatic N) is 2. The lowest BCUT2D eigenvalue weighted by molar-refractivity contribution is -0.00931. The number of aromatic nitrogens is 1. The number of rotatable bonds is 3. The molecule has 5 nitrogen and oxygen atoms in total. The Morgan fingerprint density at radius 3 is 2.82 bits per heavy atom. The van der Waals surface area contributed by atoms with Crippen molar-refractivity contribution in [2.45, 2.75) is 18.4 Å². The molecular formula is C12H15N3O2. The first-order valence-corrected chi connectivity index (χ1v) is 5.82. The molecule has 5 heteroatoms. The molecule has 17 heavy (non-hydrogen) atoms. The monoisotopic (exact) mass is 233 g/mol. The van der Waals surface area contributed by atoms with E-state index in [-0.39, 0.29) is 5.69 Å². The number of carbonyl (C=O) groups is 1. The number of aliphatic hydroxyl groups is 1. The van der Waals surface area contributed by atoms with Crippen LogP contribution in [0, 0.1) is 5.92 Å². The highest BCUT2D eigenvalue weighted by Crippen LogP contribution is 2.45. The standard InChI is InChI=1S/C12H15N3O2/c13-11(16)10-5-9(3-4-14-10)15-6-12(17,7-15)8-1-2-8/h3-5,8,17H,1-2,6-7H2,(H2,13,16). The maximum atomic E-state index is 11.0. The second-order valence-corrected chi connectivity index (χ2v) is 5.00.